The van der Waals surface area contributed by atoms with Crippen molar-refractivity contribution in [2.45, 2.75) is 52.2 Å². The highest BCUT2D eigenvalue weighted by atomic mass is 32.2. The summed E-state index contributed by atoms with van der Waals surface area (Å²) in [6.45, 7) is 5.45. The fourth-order valence-corrected chi connectivity index (χ4v) is 4.91. The number of para-hydroxylation sites is 1. The van der Waals surface area contributed by atoms with E-state index in [2.05, 4.69) is 5.32 Å². The van der Waals surface area contributed by atoms with E-state index in [1.807, 2.05) is 81.4 Å². The van der Waals surface area contributed by atoms with E-state index in [4.69, 9.17) is 4.74 Å². The van der Waals surface area contributed by atoms with Gasteiger partial charge in [0.05, 0.1) is 11.9 Å². The molecule has 0 unspecified atom stereocenters. The van der Waals surface area contributed by atoms with Gasteiger partial charge in [0.15, 0.2) is 0 Å². The second kappa shape index (κ2) is 13.8. The summed E-state index contributed by atoms with van der Waals surface area (Å²) < 4.78 is 32.5. The molecule has 0 spiro atoms. The summed E-state index contributed by atoms with van der Waals surface area (Å²) in [6, 6.07) is 24.3. The number of sulfonamides is 1. The van der Waals surface area contributed by atoms with E-state index < -0.39 is 28.5 Å². The van der Waals surface area contributed by atoms with Crippen LogP contribution in [0.3, 0.4) is 0 Å². The Balaban J connectivity index is 1.88. The molecule has 2 atom stereocenters. The Labute approximate surface area is 231 Å². The maximum atomic E-state index is 13.8. The summed E-state index contributed by atoms with van der Waals surface area (Å²) >= 11 is 0. The number of nitrogens with zero attached hydrogens (tertiary/aromatic N) is 2. The van der Waals surface area contributed by atoms with Crippen molar-refractivity contribution in [2.24, 2.45) is 0 Å². The molecule has 0 saturated heterocycles. The first kappa shape index (κ1) is 29.7. The van der Waals surface area contributed by atoms with Crippen LogP contribution in [-0.4, -0.2) is 50.0 Å². The van der Waals surface area contributed by atoms with E-state index in [1.165, 1.54) is 4.90 Å². The smallest absolute Gasteiger partial charge is 0.244 e. The van der Waals surface area contributed by atoms with Gasteiger partial charge in [0.1, 0.15) is 24.1 Å². The van der Waals surface area contributed by atoms with Crippen molar-refractivity contribution in [1.29, 1.82) is 0 Å². The number of carbonyl (C=O) groups is 2. The summed E-state index contributed by atoms with van der Waals surface area (Å²) in [5.74, 6) is 0.450. The van der Waals surface area contributed by atoms with Crippen molar-refractivity contribution in [3.05, 3.63) is 90.5 Å². The van der Waals surface area contributed by atoms with Crippen molar-refractivity contribution < 1.29 is 22.7 Å². The first-order valence-electron chi connectivity index (χ1n) is 13.1. The zero-order valence-corrected chi connectivity index (χ0v) is 23.7. The number of benzene rings is 3. The van der Waals surface area contributed by atoms with Crippen LogP contribution in [0.15, 0.2) is 84.9 Å². The summed E-state index contributed by atoms with van der Waals surface area (Å²) in [7, 11) is -3.82. The number of amides is 2. The first-order chi connectivity index (χ1) is 18.6. The Morgan fingerprint density at radius 1 is 0.846 bits per heavy atom. The van der Waals surface area contributed by atoms with E-state index in [0.29, 0.717) is 23.6 Å². The van der Waals surface area contributed by atoms with Crippen LogP contribution in [0.5, 0.6) is 11.5 Å². The average Bonchev–Trinajstić information content (AvgIpc) is 2.92. The van der Waals surface area contributed by atoms with Crippen LogP contribution in [0, 0.1) is 0 Å². The normalized spacial score (nSPS) is 12.7. The van der Waals surface area contributed by atoms with Crippen LogP contribution in [0.2, 0.25) is 0 Å². The number of rotatable bonds is 13. The minimum Gasteiger partial charge on any atom is -0.457 e. The van der Waals surface area contributed by atoms with Gasteiger partial charge in [-0.15, -0.1) is 0 Å². The third-order valence-corrected chi connectivity index (χ3v) is 7.51. The largest absolute Gasteiger partial charge is 0.457 e. The van der Waals surface area contributed by atoms with Gasteiger partial charge in [-0.05, 0) is 61.7 Å². The van der Waals surface area contributed by atoms with Gasteiger partial charge in [0, 0.05) is 12.6 Å². The van der Waals surface area contributed by atoms with Crippen molar-refractivity contribution in [2.75, 3.05) is 17.1 Å². The van der Waals surface area contributed by atoms with E-state index in [1.54, 1.807) is 24.3 Å². The Bertz CT molecular complexity index is 1320. The molecule has 0 aliphatic heterocycles. The third-order valence-electron chi connectivity index (χ3n) is 6.37. The van der Waals surface area contributed by atoms with E-state index in [9.17, 15) is 18.0 Å². The molecule has 9 heteroatoms. The van der Waals surface area contributed by atoms with Crippen molar-refractivity contribution in [1.82, 2.24) is 10.2 Å². The Morgan fingerprint density at radius 2 is 1.41 bits per heavy atom. The molecule has 3 rings (SSSR count). The summed E-state index contributed by atoms with van der Waals surface area (Å²) in [5.41, 5.74) is 1.16. The molecule has 39 heavy (non-hydrogen) atoms. The standard InChI is InChI=1S/C30H37N3O5S/c1-5-23(3)31-30(35)28(6-2)32(21-24-13-9-7-10-14-24)29(34)22-33(39(4,36)37)25-17-19-27(20-18-25)38-26-15-11-8-12-16-26/h7-20,23,28H,5-6,21-22H2,1-4H3,(H,31,35)/t23-,28+/m0/s1. The molecular formula is C30H37N3O5S. The number of hydrogen-bond donors (Lipinski definition) is 1. The molecule has 2 amide bonds. The lowest BCUT2D eigenvalue weighted by Gasteiger charge is -2.33. The molecule has 0 fully saturated rings. The molecule has 0 heterocycles. The van der Waals surface area contributed by atoms with Crippen molar-refractivity contribution in [3.8, 4) is 11.5 Å². The van der Waals surface area contributed by atoms with Gasteiger partial charge in [-0.25, -0.2) is 8.42 Å². The molecule has 3 aromatic carbocycles. The summed E-state index contributed by atoms with van der Waals surface area (Å²) in [4.78, 5) is 28.4. The predicted molar refractivity (Wildman–Crippen MR) is 154 cm³/mol. The Kier molecular flexibility index (Phi) is 10.5. The molecular weight excluding hydrogens is 514 g/mol. The van der Waals surface area contributed by atoms with Gasteiger partial charge in [0.25, 0.3) is 0 Å². The monoisotopic (exact) mass is 551 g/mol. The number of anilines is 1. The number of nitrogens with one attached hydrogen (secondary N) is 1. The maximum absolute atomic E-state index is 13.8. The van der Waals surface area contributed by atoms with Crippen LogP contribution < -0.4 is 14.4 Å². The highest BCUT2D eigenvalue weighted by Gasteiger charge is 2.32. The summed E-state index contributed by atoms with van der Waals surface area (Å²) in [6.07, 6.45) is 2.19. The molecule has 0 saturated carbocycles. The van der Waals surface area contributed by atoms with Gasteiger partial charge in [-0.2, -0.15) is 0 Å². The lowest BCUT2D eigenvalue weighted by molar-refractivity contribution is -0.140. The highest BCUT2D eigenvalue weighted by Crippen LogP contribution is 2.26. The molecule has 3 aromatic rings. The zero-order valence-electron chi connectivity index (χ0n) is 22.9. The highest BCUT2D eigenvalue weighted by molar-refractivity contribution is 7.92. The molecule has 0 aliphatic carbocycles. The SMILES string of the molecule is CC[C@H](C(=O)N[C@@H](C)CC)N(Cc1ccccc1)C(=O)CN(c1ccc(Oc2ccccc2)cc1)S(C)(=O)=O. The fourth-order valence-electron chi connectivity index (χ4n) is 4.06. The van der Waals surface area contributed by atoms with Gasteiger partial charge in [-0.1, -0.05) is 62.4 Å². The van der Waals surface area contributed by atoms with Crippen LogP contribution in [0.25, 0.3) is 0 Å². The zero-order chi connectivity index (χ0) is 28.4. The second-order valence-electron chi connectivity index (χ2n) is 9.43. The average molecular weight is 552 g/mol. The molecule has 208 valence electrons. The lowest BCUT2D eigenvalue weighted by atomic mass is 10.1. The van der Waals surface area contributed by atoms with Gasteiger partial charge >= 0.3 is 0 Å². The van der Waals surface area contributed by atoms with Crippen LogP contribution in [0.4, 0.5) is 5.69 Å². The van der Waals surface area contributed by atoms with Crippen LogP contribution in [0.1, 0.15) is 39.2 Å². The van der Waals surface area contributed by atoms with Crippen molar-refractivity contribution >= 4 is 27.5 Å². The molecule has 0 bridgehead atoms. The summed E-state index contributed by atoms with van der Waals surface area (Å²) in [5, 5.41) is 2.96. The minimum absolute atomic E-state index is 0.0515. The third kappa shape index (κ3) is 8.58. The molecule has 0 aliphatic rings. The minimum atomic E-state index is -3.82. The number of carbonyl (C=O) groups excluding carboxylic acids is 2. The van der Waals surface area contributed by atoms with Crippen molar-refractivity contribution in [3.63, 3.8) is 0 Å². The van der Waals surface area contributed by atoms with E-state index in [0.717, 1.165) is 22.5 Å². The second-order valence-corrected chi connectivity index (χ2v) is 11.3. The first-order valence-corrected chi connectivity index (χ1v) is 14.9. The molecule has 1 N–H and O–H groups in total. The maximum Gasteiger partial charge on any atom is 0.244 e. The number of ether oxygens (including phenoxy) is 1. The lowest BCUT2D eigenvalue weighted by Crippen LogP contribution is -2.53. The van der Waals surface area contributed by atoms with E-state index >= 15 is 0 Å². The Hall–Kier alpha value is -3.85. The Morgan fingerprint density at radius 3 is 1.95 bits per heavy atom. The fraction of sp³-hybridized carbons (Fsp3) is 0.333. The van der Waals surface area contributed by atoms with Crippen LogP contribution >= 0.6 is 0 Å². The van der Waals surface area contributed by atoms with E-state index in [-0.39, 0.29) is 18.5 Å². The quantitative estimate of drug-likeness (QED) is 0.324. The van der Waals surface area contributed by atoms with Crippen LogP contribution in [-0.2, 0) is 26.2 Å². The van der Waals surface area contributed by atoms with Gasteiger partial charge in [-0.3, -0.25) is 13.9 Å². The molecule has 8 nitrogen and oxygen atoms in total. The molecule has 0 aromatic heterocycles. The van der Waals surface area contributed by atoms with Gasteiger partial charge in [0.2, 0.25) is 21.8 Å². The topological polar surface area (TPSA) is 96.0 Å². The number of hydrogen-bond acceptors (Lipinski definition) is 5. The molecule has 0 radical (unpaired) electrons. The predicted octanol–water partition coefficient (Wildman–Crippen LogP) is 4.97. The van der Waals surface area contributed by atoms with Gasteiger partial charge < -0.3 is 15.0 Å².